The number of thiazole rings is 1. The Morgan fingerprint density at radius 3 is 3.10 bits per heavy atom. The number of ether oxygens (including phenoxy) is 1. The Balaban J connectivity index is 1.51. The molecule has 20 heavy (non-hydrogen) atoms. The lowest BCUT2D eigenvalue weighted by Gasteiger charge is -2.22. The summed E-state index contributed by atoms with van der Waals surface area (Å²) in [6.07, 6.45) is 6.49. The topological polar surface area (TPSA) is 71.5 Å². The van der Waals surface area contributed by atoms with E-state index in [0.717, 1.165) is 48.1 Å². The van der Waals surface area contributed by atoms with Gasteiger partial charge in [0.25, 0.3) is 0 Å². The van der Waals surface area contributed by atoms with Crippen LogP contribution in [0, 0.1) is 0 Å². The maximum absolute atomic E-state index is 11.1. The molecule has 0 aromatic carbocycles. The first-order valence-electron chi connectivity index (χ1n) is 7.32. The van der Waals surface area contributed by atoms with Crippen molar-refractivity contribution in [2.75, 3.05) is 18.5 Å². The monoisotopic (exact) mass is 296 g/mol. The van der Waals surface area contributed by atoms with Crippen LogP contribution >= 0.6 is 11.3 Å². The van der Waals surface area contributed by atoms with Crippen LogP contribution < -0.4 is 5.32 Å². The first-order valence-corrected chi connectivity index (χ1v) is 8.13. The van der Waals surface area contributed by atoms with Crippen LogP contribution in [0.15, 0.2) is 0 Å². The lowest BCUT2D eigenvalue weighted by atomic mass is 10.1. The smallest absolute Gasteiger partial charge is 0.312 e. The summed E-state index contributed by atoms with van der Waals surface area (Å²) in [4.78, 5) is 16.7. The zero-order valence-electron chi connectivity index (χ0n) is 11.4. The van der Waals surface area contributed by atoms with Crippen molar-refractivity contribution < 1.29 is 14.6 Å². The molecule has 3 rings (SSSR count). The highest BCUT2D eigenvalue weighted by Gasteiger charge is 2.32. The minimum atomic E-state index is -0.754. The molecule has 2 N–H and O–H groups in total. The summed E-state index contributed by atoms with van der Waals surface area (Å²) in [6, 6.07) is 0. The molecule has 0 amide bonds. The summed E-state index contributed by atoms with van der Waals surface area (Å²) in [5.74, 6) is -1.16. The van der Waals surface area contributed by atoms with Crippen molar-refractivity contribution in [2.24, 2.45) is 0 Å². The Morgan fingerprint density at radius 1 is 1.45 bits per heavy atom. The average molecular weight is 296 g/mol. The number of aliphatic carboxylic acids is 1. The van der Waals surface area contributed by atoms with Gasteiger partial charge in [-0.3, -0.25) is 4.79 Å². The van der Waals surface area contributed by atoms with Gasteiger partial charge in [0.2, 0.25) is 0 Å². The molecule has 0 spiro atoms. The van der Waals surface area contributed by atoms with Crippen LogP contribution in [0.2, 0.25) is 0 Å². The van der Waals surface area contributed by atoms with Crippen molar-refractivity contribution in [2.45, 2.75) is 50.5 Å². The van der Waals surface area contributed by atoms with Gasteiger partial charge in [-0.2, -0.15) is 0 Å². The number of carboxylic acid groups (broad SMARTS) is 1. The molecule has 110 valence electrons. The second-order valence-electron chi connectivity index (χ2n) is 5.46. The molecule has 1 aromatic rings. The Bertz CT molecular complexity index is 483. The molecule has 5 nitrogen and oxygen atoms in total. The maximum atomic E-state index is 11.1. The molecule has 2 aliphatic rings. The SMILES string of the molecule is O=C(O)C1CCc2sc(NCCC3CCCCO3)nc21. The van der Waals surface area contributed by atoms with Gasteiger partial charge in [-0.15, -0.1) is 11.3 Å². The number of hydrogen-bond acceptors (Lipinski definition) is 5. The number of nitrogens with zero attached hydrogens (tertiary/aromatic N) is 1. The van der Waals surface area contributed by atoms with Crippen LogP contribution in [0.5, 0.6) is 0 Å². The Hall–Kier alpha value is -1.14. The number of fused-ring (bicyclic) bond motifs is 1. The molecule has 1 aliphatic heterocycles. The average Bonchev–Trinajstić information content (AvgIpc) is 2.99. The van der Waals surface area contributed by atoms with Gasteiger partial charge >= 0.3 is 5.97 Å². The van der Waals surface area contributed by atoms with Crippen molar-refractivity contribution in [3.8, 4) is 0 Å². The van der Waals surface area contributed by atoms with Gasteiger partial charge in [-0.05, 0) is 38.5 Å². The van der Waals surface area contributed by atoms with Gasteiger partial charge in [0, 0.05) is 18.0 Å². The second kappa shape index (κ2) is 6.10. The molecule has 0 saturated carbocycles. The number of aromatic nitrogens is 1. The first-order chi connectivity index (χ1) is 9.74. The predicted octanol–water partition coefficient (Wildman–Crippen LogP) is 2.63. The molecule has 0 radical (unpaired) electrons. The lowest BCUT2D eigenvalue weighted by molar-refractivity contribution is -0.138. The Kier molecular flexibility index (Phi) is 4.21. The van der Waals surface area contributed by atoms with Crippen molar-refractivity contribution in [1.29, 1.82) is 0 Å². The molecule has 6 heteroatoms. The first kappa shape index (κ1) is 13.8. The van der Waals surface area contributed by atoms with Crippen LogP contribution in [0.4, 0.5) is 5.13 Å². The highest BCUT2D eigenvalue weighted by molar-refractivity contribution is 7.15. The quantitative estimate of drug-likeness (QED) is 0.874. The van der Waals surface area contributed by atoms with E-state index in [9.17, 15) is 4.79 Å². The van der Waals surface area contributed by atoms with E-state index >= 15 is 0 Å². The molecule has 0 bridgehead atoms. The predicted molar refractivity (Wildman–Crippen MR) is 77.5 cm³/mol. The third kappa shape index (κ3) is 2.96. The van der Waals surface area contributed by atoms with E-state index in [1.165, 1.54) is 12.8 Å². The molecule has 1 aromatic heterocycles. The third-order valence-corrected chi connectivity index (χ3v) is 5.12. The number of nitrogens with one attached hydrogen (secondary N) is 1. The van der Waals surface area contributed by atoms with E-state index in [0.29, 0.717) is 12.5 Å². The van der Waals surface area contributed by atoms with Gasteiger partial charge in [0.15, 0.2) is 5.13 Å². The van der Waals surface area contributed by atoms with Crippen LogP contribution in [0.3, 0.4) is 0 Å². The van der Waals surface area contributed by atoms with Crippen molar-refractivity contribution in [3.05, 3.63) is 10.6 Å². The van der Waals surface area contributed by atoms with Crippen molar-refractivity contribution in [3.63, 3.8) is 0 Å². The normalized spacial score (nSPS) is 25.4. The van der Waals surface area contributed by atoms with Crippen LogP contribution in [0.25, 0.3) is 0 Å². The molecule has 1 saturated heterocycles. The Labute approximate surface area is 122 Å². The van der Waals surface area contributed by atoms with Gasteiger partial charge in [-0.1, -0.05) is 0 Å². The summed E-state index contributed by atoms with van der Waals surface area (Å²) in [5.41, 5.74) is 0.777. The second-order valence-corrected chi connectivity index (χ2v) is 6.54. The molecule has 2 heterocycles. The number of hydrogen-bond donors (Lipinski definition) is 2. The molecule has 1 aliphatic carbocycles. The van der Waals surface area contributed by atoms with Crippen LogP contribution in [-0.4, -0.2) is 35.3 Å². The molecule has 2 unspecified atom stereocenters. The fourth-order valence-corrected chi connectivity index (χ4v) is 3.98. The summed E-state index contributed by atoms with van der Waals surface area (Å²) < 4.78 is 5.69. The van der Waals surface area contributed by atoms with E-state index in [-0.39, 0.29) is 0 Å². The van der Waals surface area contributed by atoms with Crippen molar-refractivity contribution >= 4 is 22.4 Å². The number of carbonyl (C=O) groups is 1. The van der Waals surface area contributed by atoms with Gasteiger partial charge in [0.05, 0.1) is 11.8 Å². The molecular weight excluding hydrogens is 276 g/mol. The van der Waals surface area contributed by atoms with E-state index in [2.05, 4.69) is 10.3 Å². The summed E-state index contributed by atoms with van der Waals surface area (Å²) in [5, 5.41) is 13.3. The number of aryl methyl sites for hydroxylation is 1. The zero-order valence-corrected chi connectivity index (χ0v) is 12.2. The standard InChI is InChI=1S/C14H20N2O3S/c17-13(18)10-4-5-11-12(10)16-14(20-11)15-7-6-9-3-1-2-8-19-9/h9-10H,1-8H2,(H,15,16)(H,17,18). The number of rotatable bonds is 5. The molecule has 1 fully saturated rings. The zero-order chi connectivity index (χ0) is 13.9. The van der Waals surface area contributed by atoms with Gasteiger partial charge in [0.1, 0.15) is 5.92 Å². The number of anilines is 1. The summed E-state index contributed by atoms with van der Waals surface area (Å²) in [7, 11) is 0. The van der Waals surface area contributed by atoms with E-state index in [1.54, 1.807) is 11.3 Å². The third-order valence-electron chi connectivity index (χ3n) is 4.03. The van der Waals surface area contributed by atoms with Crippen LogP contribution in [-0.2, 0) is 16.0 Å². The number of carboxylic acids is 1. The lowest BCUT2D eigenvalue weighted by Crippen LogP contribution is -2.22. The maximum Gasteiger partial charge on any atom is 0.312 e. The minimum Gasteiger partial charge on any atom is -0.481 e. The van der Waals surface area contributed by atoms with Gasteiger partial charge < -0.3 is 15.2 Å². The van der Waals surface area contributed by atoms with E-state index < -0.39 is 11.9 Å². The fourth-order valence-electron chi connectivity index (χ4n) is 2.92. The largest absolute Gasteiger partial charge is 0.481 e. The fraction of sp³-hybridized carbons (Fsp3) is 0.714. The Morgan fingerprint density at radius 2 is 2.35 bits per heavy atom. The highest BCUT2D eigenvalue weighted by Crippen LogP contribution is 2.38. The van der Waals surface area contributed by atoms with E-state index in [1.807, 2.05) is 0 Å². The summed E-state index contributed by atoms with van der Waals surface area (Å²) in [6.45, 7) is 1.73. The van der Waals surface area contributed by atoms with Gasteiger partial charge in [-0.25, -0.2) is 4.98 Å². The minimum absolute atomic E-state index is 0.370. The molecule has 2 atom stereocenters. The van der Waals surface area contributed by atoms with Crippen LogP contribution in [0.1, 0.15) is 48.6 Å². The summed E-state index contributed by atoms with van der Waals surface area (Å²) >= 11 is 1.60. The molecular formula is C14H20N2O3S. The van der Waals surface area contributed by atoms with E-state index in [4.69, 9.17) is 9.84 Å². The highest BCUT2D eigenvalue weighted by atomic mass is 32.1. The van der Waals surface area contributed by atoms with Crippen molar-refractivity contribution in [1.82, 2.24) is 4.98 Å².